The molecule has 5 nitrogen and oxygen atoms in total. The quantitative estimate of drug-likeness (QED) is 0.693. The number of anilines is 2. The average molecular weight is 301 g/mol. The fourth-order valence-electron chi connectivity index (χ4n) is 1.82. The number of nitrogens with one attached hydrogen (secondary N) is 2. The molecule has 0 saturated heterocycles. The summed E-state index contributed by atoms with van der Waals surface area (Å²) in [7, 11) is -2.04. The Morgan fingerprint density at radius 3 is 2.63 bits per heavy atom. The Bertz CT molecular complexity index is 568. The lowest BCUT2D eigenvalue weighted by Crippen LogP contribution is -2.20. The zero-order valence-corrected chi connectivity index (χ0v) is 12.7. The van der Waals surface area contributed by atoms with Gasteiger partial charge in [0.2, 0.25) is 10.0 Å². The molecular weight excluding hydrogens is 282 g/mol. The van der Waals surface area contributed by atoms with Gasteiger partial charge in [-0.3, -0.25) is 0 Å². The molecule has 1 aromatic carbocycles. The van der Waals surface area contributed by atoms with Gasteiger partial charge < -0.3 is 11.1 Å². The minimum Gasteiger partial charge on any atom is -0.397 e. The molecule has 7 heteroatoms. The van der Waals surface area contributed by atoms with Crippen molar-refractivity contribution in [3.63, 3.8) is 0 Å². The molecule has 1 aromatic rings. The monoisotopic (exact) mass is 301 g/mol. The fourth-order valence-corrected chi connectivity index (χ4v) is 3.31. The highest BCUT2D eigenvalue weighted by Gasteiger charge is 2.41. The molecule has 0 heterocycles. The Labute approximate surface area is 118 Å². The van der Waals surface area contributed by atoms with Crippen LogP contribution in [0.5, 0.6) is 0 Å². The second-order valence-corrected chi connectivity index (χ2v) is 7.86. The van der Waals surface area contributed by atoms with Gasteiger partial charge in [-0.1, -0.05) is 0 Å². The highest BCUT2D eigenvalue weighted by Crippen LogP contribution is 2.47. The van der Waals surface area contributed by atoms with E-state index in [-0.39, 0.29) is 4.90 Å². The van der Waals surface area contributed by atoms with Crippen LogP contribution in [-0.4, -0.2) is 33.0 Å². The molecule has 0 spiro atoms. The van der Waals surface area contributed by atoms with Crippen molar-refractivity contribution in [1.29, 1.82) is 0 Å². The summed E-state index contributed by atoms with van der Waals surface area (Å²) in [5, 5.41) is 3.27. The van der Waals surface area contributed by atoms with Crippen LogP contribution in [0.1, 0.15) is 12.8 Å². The molecule has 0 atom stereocenters. The van der Waals surface area contributed by atoms with Crippen LogP contribution >= 0.6 is 11.8 Å². The van der Waals surface area contributed by atoms with E-state index in [1.54, 1.807) is 12.1 Å². The van der Waals surface area contributed by atoms with E-state index in [9.17, 15) is 8.42 Å². The normalized spacial score (nSPS) is 17.2. The number of nitrogens with two attached hydrogens (primary N) is 1. The molecule has 0 amide bonds. The molecular formula is C12H19N3O2S2. The number of thioether (sulfide) groups is 1. The van der Waals surface area contributed by atoms with Crippen LogP contribution in [0, 0.1) is 0 Å². The molecule has 0 aliphatic heterocycles. The van der Waals surface area contributed by atoms with E-state index in [2.05, 4.69) is 16.3 Å². The number of rotatable bonds is 6. The topological polar surface area (TPSA) is 84.2 Å². The molecule has 0 radical (unpaired) electrons. The van der Waals surface area contributed by atoms with Crippen molar-refractivity contribution >= 4 is 33.2 Å². The minimum atomic E-state index is -3.43. The number of nitrogen functional groups attached to an aromatic ring is 1. The third-order valence-corrected chi connectivity index (χ3v) is 6.28. The van der Waals surface area contributed by atoms with E-state index in [0.29, 0.717) is 16.1 Å². The maximum atomic E-state index is 11.8. The molecule has 19 heavy (non-hydrogen) atoms. The lowest BCUT2D eigenvalue weighted by molar-refractivity contribution is 0.588. The van der Waals surface area contributed by atoms with Crippen LogP contribution in [0.4, 0.5) is 11.4 Å². The molecule has 1 aliphatic carbocycles. The van der Waals surface area contributed by atoms with E-state index in [4.69, 9.17) is 5.73 Å². The van der Waals surface area contributed by atoms with Gasteiger partial charge in [0.05, 0.1) is 16.3 Å². The van der Waals surface area contributed by atoms with E-state index < -0.39 is 10.0 Å². The predicted octanol–water partition coefficient (Wildman–Crippen LogP) is 1.48. The van der Waals surface area contributed by atoms with Crippen LogP contribution in [0.3, 0.4) is 0 Å². The molecule has 1 fully saturated rings. The fraction of sp³-hybridized carbons (Fsp3) is 0.500. The zero-order chi connectivity index (χ0) is 14.1. The van der Waals surface area contributed by atoms with Crippen LogP contribution in [-0.2, 0) is 10.0 Å². The third kappa shape index (κ3) is 3.16. The van der Waals surface area contributed by atoms with Gasteiger partial charge in [0, 0.05) is 11.3 Å². The maximum absolute atomic E-state index is 11.8. The second-order valence-electron chi connectivity index (χ2n) is 4.70. The first-order valence-corrected chi connectivity index (χ1v) is 8.75. The van der Waals surface area contributed by atoms with Crippen molar-refractivity contribution in [2.75, 3.05) is 30.9 Å². The first-order valence-electron chi connectivity index (χ1n) is 6.04. The van der Waals surface area contributed by atoms with Gasteiger partial charge in [0.25, 0.3) is 0 Å². The van der Waals surface area contributed by atoms with Gasteiger partial charge in [-0.05, 0) is 44.3 Å². The summed E-state index contributed by atoms with van der Waals surface area (Å²) < 4.78 is 26.1. The maximum Gasteiger partial charge on any atom is 0.240 e. The van der Waals surface area contributed by atoms with Crippen LogP contribution in [0.25, 0.3) is 0 Å². The van der Waals surface area contributed by atoms with Crippen LogP contribution < -0.4 is 15.8 Å². The van der Waals surface area contributed by atoms with Crippen molar-refractivity contribution in [3.05, 3.63) is 18.2 Å². The lowest BCUT2D eigenvalue weighted by Gasteiger charge is -2.16. The van der Waals surface area contributed by atoms with Crippen molar-refractivity contribution in [2.24, 2.45) is 0 Å². The number of hydrogen-bond donors (Lipinski definition) is 3. The van der Waals surface area contributed by atoms with Crippen molar-refractivity contribution in [3.8, 4) is 0 Å². The molecule has 0 bridgehead atoms. The van der Waals surface area contributed by atoms with E-state index in [0.717, 1.165) is 6.54 Å². The Hall–Kier alpha value is -0.920. The van der Waals surface area contributed by atoms with E-state index in [1.807, 2.05) is 11.8 Å². The van der Waals surface area contributed by atoms with Gasteiger partial charge in [-0.15, -0.1) is 0 Å². The Balaban J connectivity index is 2.18. The largest absolute Gasteiger partial charge is 0.397 e. The van der Waals surface area contributed by atoms with E-state index in [1.165, 1.54) is 26.0 Å². The van der Waals surface area contributed by atoms with Gasteiger partial charge in [-0.2, -0.15) is 11.8 Å². The molecule has 1 saturated carbocycles. The Morgan fingerprint density at radius 2 is 2.11 bits per heavy atom. The highest BCUT2D eigenvalue weighted by atomic mass is 32.2. The molecule has 2 rings (SSSR count). The summed E-state index contributed by atoms with van der Waals surface area (Å²) in [5.74, 6) is 0. The molecule has 0 unspecified atom stereocenters. The van der Waals surface area contributed by atoms with Crippen LogP contribution in [0.15, 0.2) is 23.1 Å². The second kappa shape index (κ2) is 5.22. The molecule has 0 aromatic heterocycles. The van der Waals surface area contributed by atoms with Gasteiger partial charge >= 0.3 is 0 Å². The van der Waals surface area contributed by atoms with Crippen molar-refractivity contribution < 1.29 is 8.42 Å². The first kappa shape index (κ1) is 14.5. The molecule has 106 valence electrons. The summed E-state index contributed by atoms with van der Waals surface area (Å²) >= 11 is 1.84. The third-order valence-electron chi connectivity index (χ3n) is 3.45. The summed E-state index contributed by atoms with van der Waals surface area (Å²) in [6.45, 7) is 0.807. The van der Waals surface area contributed by atoms with E-state index >= 15 is 0 Å². The standard InChI is InChI=1S/C12H19N3O2S2/c1-14-19(16,17)9-3-4-10(13)11(7-9)15-8-12(18-2)5-6-12/h3-4,7,14-15H,5-6,8,13H2,1-2H3. The van der Waals surface area contributed by atoms with Crippen molar-refractivity contribution in [2.45, 2.75) is 22.5 Å². The van der Waals surface area contributed by atoms with Gasteiger partial charge in [0.1, 0.15) is 0 Å². The van der Waals surface area contributed by atoms with Crippen molar-refractivity contribution in [1.82, 2.24) is 4.72 Å². The summed E-state index contributed by atoms with van der Waals surface area (Å²) in [6, 6.07) is 4.70. The van der Waals surface area contributed by atoms with Gasteiger partial charge in [-0.25, -0.2) is 13.1 Å². The number of sulfonamides is 1. The Morgan fingerprint density at radius 1 is 1.42 bits per heavy atom. The Kier molecular flexibility index (Phi) is 3.98. The highest BCUT2D eigenvalue weighted by molar-refractivity contribution is 8.00. The number of hydrogen-bond acceptors (Lipinski definition) is 5. The first-order chi connectivity index (χ1) is 8.92. The number of benzene rings is 1. The SMILES string of the molecule is CNS(=O)(=O)c1ccc(N)c(NCC2(SC)CC2)c1. The molecule has 1 aliphatic rings. The van der Waals surface area contributed by atoms with Gasteiger partial charge in [0.15, 0.2) is 0 Å². The lowest BCUT2D eigenvalue weighted by atomic mass is 10.2. The minimum absolute atomic E-state index is 0.223. The summed E-state index contributed by atoms with van der Waals surface area (Å²) in [5.41, 5.74) is 7.12. The zero-order valence-electron chi connectivity index (χ0n) is 11.1. The predicted molar refractivity (Wildman–Crippen MR) is 81.1 cm³/mol. The average Bonchev–Trinajstić information content (AvgIpc) is 3.18. The molecule has 4 N–H and O–H groups in total. The summed E-state index contributed by atoms with van der Waals surface area (Å²) in [4.78, 5) is 0.223. The smallest absolute Gasteiger partial charge is 0.240 e. The van der Waals surface area contributed by atoms with Crippen LogP contribution in [0.2, 0.25) is 0 Å². The summed E-state index contributed by atoms with van der Waals surface area (Å²) in [6.07, 6.45) is 4.48.